The first-order chi connectivity index (χ1) is 34.7. The van der Waals surface area contributed by atoms with Crippen molar-refractivity contribution in [3.8, 4) is 0 Å². The van der Waals surface area contributed by atoms with Gasteiger partial charge in [0.1, 0.15) is 38.4 Å². The second-order valence-electron chi connectivity index (χ2n) is 17.9. The second kappa shape index (κ2) is 31.8. The number of aromatic nitrogens is 2. The minimum absolute atomic E-state index is 0.00700. The number of carboxylic acids is 4. The normalized spacial score (nSPS) is 12.4. The van der Waals surface area contributed by atoms with Gasteiger partial charge < -0.3 is 40.5 Å². The zero-order chi connectivity index (χ0) is 52.1. The molecule has 72 heavy (non-hydrogen) atoms. The Morgan fingerprint density at radius 3 is 1.25 bits per heavy atom. The van der Waals surface area contributed by atoms with Crippen LogP contribution in [0.15, 0.2) is 121 Å². The molecule has 2 aromatic heterocycles. The van der Waals surface area contributed by atoms with Crippen molar-refractivity contribution in [2.75, 3.05) is 0 Å². The summed E-state index contributed by atoms with van der Waals surface area (Å²) in [6.07, 6.45) is 14.2. The van der Waals surface area contributed by atoms with Gasteiger partial charge in [-0.25, -0.2) is 37.9 Å². The van der Waals surface area contributed by atoms with Gasteiger partial charge in [0.15, 0.2) is 23.8 Å². The first kappa shape index (κ1) is 57.2. The standard InChI is InChI=1S/C56H70N4O12/c1-3-5-9-19-41-27-31-59(29-17-15-25-49(53(65)66)57-55(69)71-39-43-21-11-7-12-22-43)47(33-41)35-45(37-51(61)62)46(38-52(63)64)36-48-34-42(20-10-6-4-2)28-32-60(48)30-18-16-26-50(54(67)68)58-56(70)72-40-44-23-13-8-14-24-44/h7-8,11-14,21-24,27-28,31-34,37-38,49-50H,3-6,9-10,15-20,25-26,29-30,35-36,39-40H2,1-2H3,(H4-2,57,58,61,62,63,64,65,66,67,68,69,70)/p+2/b45-37+,46-38+/t49-,50-/m0/s1. The molecular weight excluding hydrogens is 921 g/mol. The lowest BCUT2D eigenvalue weighted by Crippen LogP contribution is -2.42. The van der Waals surface area contributed by atoms with E-state index in [9.17, 15) is 49.2 Å². The minimum Gasteiger partial charge on any atom is -0.480 e. The van der Waals surface area contributed by atoms with E-state index in [4.69, 9.17) is 9.47 Å². The van der Waals surface area contributed by atoms with Gasteiger partial charge in [0.05, 0.1) is 12.8 Å². The number of ether oxygens (including phenoxy) is 2. The fourth-order valence-corrected chi connectivity index (χ4v) is 8.26. The molecule has 16 nitrogen and oxygen atoms in total. The van der Waals surface area contributed by atoms with E-state index in [1.54, 1.807) is 24.3 Å². The molecule has 2 aromatic carbocycles. The van der Waals surface area contributed by atoms with Crippen LogP contribution in [0.5, 0.6) is 0 Å². The van der Waals surface area contributed by atoms with Crippen molar-refractivity contribution in [1.29, 1.82) is 0 Å². The number of pyridine rings is 2. The lowest BCUT2D eigenvalue weighted by atomic mass is 9.93. The molecule has 16 heteroatoms. The molecule has 0 aliphatic heterocycles. The highest BCUT2D eigenvalue weighted by Crippen LogP contribution is 2.22. The summed E-state index contributed by atoms with van der Waals surface area (Å²) in [5, 5.41) is 45.2. The first-order valence-corrected chi connectivity index (χ1v) is 25.0. The molecule has 2 atom stereocenters. The maximum Gasteiger partial charge on any atom is 0.408 e. The van der Waals surface area contributed by atoms with Crippen LogP contribution in [-0.4, -0.2) is 68.6 Å². The molecule has 386 valence electrons. The molecule has 0 unspecified atom stereocenters. The van der Waals surface area contributed by atoms with Crippen molar-refractivity contribution in [3.63, 3.8) is 0 Å². The van der Waals surface area contributed by atoms with Gasteiger partial charge in [-0.1, -0.05) is 100 Å². The molecule has 0 bridgehead atoms. The summed E-state index contributed by atoms with van der Waals surface area (Å²) < 4.78 is 14.4. The van der Waals surface area contributed by atoms with Crippen LogP contribution >= 0.6 is 0 Å². The Labute approximate surface area is 422 Å². The van der Waals surface area contributed by atoms with E-state index in [2.05, 4.69) is 24.5 Å². The third-order valence-electron chi connectivity index (χ3n) is 12.2. The quantitative estimate of drug-likeness (QED) is 0.0114. The number of unbranched alkanes of at least 4 members (excludes halogenated alkanes) is 6. The van der Waals surface area contributed by atoms with Gasteiger partial charge in [-0.15, -0.1) is 0 Å². The molecule has 0 aliphatic carbocycles. The Bertz CT molecular complexity index is 2270. The number of aliphatic carboxylic acids is 4. The third-order valence-corrected chi connectivity index (χ3v) is 12.2. The number of aryl methyl sites for hydroxylation is 4. The number of benzene rings is 2. The molecular formula is C56H72N4O12+2. The molecule has 2 heterocycles. The van der Waals surface area contributed by atoms with Crippen LogP contribution in [0.4, 0.5) is 9.59 Å². The molecule has 0 fully saturated rings. The van der Waals surface area contributed by atoms with Crippen LogP contribution in [-0.2, 0) is 80.6 Å². The molecule has 0 aliphatic rings. The molecule has 0 saturated heterocycles. The number of amides is 2. The van der Waals surface area contributed by atoms with Crippen LogP contribution in [0.1, 0.15) is 125 Å². The topological polar surface area (TPSA) is 234 Å². The summed E-state index contributed by atoms with van der Waals surface area (Å²) in [4.78, 5) is 74.5. The highest BCUT2D eigenvalue weighted by Gasteiger charge is 2.25. The summed E-state index contributed by atoms with van der Waals surface area (Å²) in [6.45, 7) is 5.09. The summed E-state index contributed by atoms with van der Waals surface area (Å²) in [5.74, 6) is -4.87. The number of rotatable bonds is 33. The van der Waals surface area contributed by atoms with E-state index in [1.165, 1.54) is 0 Å². The number of carboxylic acid groups (broad SMARTS) is 4. The largest absolute Gasteiger partial charge is 0.480 e. The molecule has 2 amide bonds. The van der Waals surface area contributed by atoms with Gasteiger partial charge in [-0.2, -0.15) is 0 Å². The number of carbonyl (C=O) groups is 6. The molecule has 6 N–H and O–H groups in total. The number of hydrogen-bond donors (Lipinski definition) is 6. The van der Waals surface area contributed by atoms with Gasteiger partial charge in [0.25, 0.3) is 0 Å². The average Bonchev–Trinajstić information content (AvgIpc) is 3.35. The zero-order valence-electron chi connectivity index (χ0n) is 41.6. The number of hydrogen-bond acceptors (Lipinski definition) is 8. The predicted molar refractivity (Wildman–Crippen MR) is 269 cm³/mol. The Morgan fingerprint density at radius 1 is 0.514 bits per heavy atom. The maximum absolute atomic E-state index is 12.6. The average molecular weight is 993 g/mol. The first-order valence-electron chi connectivity index (χ1n) is 25.0. The fraction of sp³-hybridized carbons (Fsp3) is 0.429. The number of nitrogens with zero attached hydrogens (tertiary/aromatic N) is 2. The third kappa shape index (κ3) is 21.7. The number of nitrogens with one attached hydrogen (secondary N) is 2. The van der Waals surface area contributed by atoms with Gasteiger partial charge in [0, 0.05) is 49.3 Å². The highest BCUT2D eigenvalue weighted by molar-refractivity contribution is 5.85. The monoisotopic (exact) mass is 993 g/mol. The number of alkyl carbamates (subject to hydrolysis) is 2. The molecule has 4 rings (SSSR count). The van der Waals surface area contributed by atoms with Gasteiger partial charge in [0.2, 0.25) is 0 Å². The van der Waals surface area contributed by atoms with Gasteiger partial charge in [-0.05, 0) is 84.8 Å². The fourth-order valence-electron chi connectivity index (χ4n) is 8.26. The van der Waals surface area contributed by atoms with E-state index in [0.717, 1.165) is 97.2 Å². The Morgan fingerprint density at radius 2 is 0.903 bits per heavy atom. The maximum atomic E-state index is 12.6. The Balaban J connectivity index is 1.54. The second-order valence-corrected chi connectivity index (χ2v) is 17.9. The molecule has 0 spiro atoms. The molecule has 4 aromatic rings. The Hall–Kier alpha value is -7.36. The summed E-state index contributed by atoms with van der Waals surface area (Å²) >= 11 is 0. The lowest BCUT2D eigenvalue weighted by Gasteiger charge is -2.15. The smallest absolute Gasteiger partial charge is 0.408 e. The number of carbonyl (C=O) groups excluding carboxylic acids is 2. The van der Waals surface area contributed by atoms with Crippen molar-refractivity contribution in [2.45, 2.75) is 155 Å². The van der Waals surface area contributed by atoms with E-state index in [0.29, 0.717) is 49.9 Å². The van der Waals surface area contributed by atoms with Crippen LogP contribution in [0.25, 0.3) is 0 Å². The molecule has 0 saturated carbocycles. The molecule has 0 radical (unpaired) electrons. The SMILES string of the molecule is CCCCCc1cc[n+](CCCC[C@H](NC(=O)OCc2ccccc2)C(=O)O)c(CC(=C\C(=O)O)/C(=C/C(=O)O)Cc2cc(CCCCC)cc[n+]2CCCC[C@H](NC(=O)OCc2ccccc2)C(=O)O)c1. The summed E-state index contributed by atoms with van der Waals surface area (Å²) in [6, 6.07) is 23.8. The van der Waals surface area contributed by atoms with Gasteiger partial charge in [-0.3, -0.25) is 0 Å². The van der Waals surface area contributed by atoms with Crippen molar-refractivity contribution in [1.82, 2.24) is 10.6 Å². The van der Waals surface area contributed by atoms with Crippen molar-refractivity contribution in [2.24, 2.45) is 0 Å². The van der Waals surface area contributed by atoms with Crippen molar-refractivity contribution in [3.05, 3.63) is 154 Å². The van der Waals surface area contributed by atoms with Crippen LogP contribution in [0, 0.1) is 0 Å². The van der Waals surface area contributed by atoms with E-state index in [1.807, 2.05) is 82.2 Å². The predicted octanol–water partition coefficient (Wildman–Crippen LogP) is 8.63. The van der Waals surface area contributed by atoms with Crippen molar-refractivity contribution >= 4 is 36.1 Å². The van der Waals surface area contributed by atoms with E-state index >= 15 is 0 Å². The van der Waals surface area contributed by atoms with Gasteiger partial charge >= 0.3 is 36.1 Å². The van der Waals surface area contributed by atoms with Crippen LogP contribution < -0.4 is 19.8 Å². The number of allylic oxidation sites excluding steroid dienone is 2. The van der Waals surface area contributed by atoms with Crippen molar-refractivity contribution < 1.29 is 67.8 Å². The highest BCUT2D eigenvalue weighted by atomic mass is 16.6. The zero-order valence-corrected chi connectivity index (χ0v) is 41.6. The van der Waals surface area contributed by atoms with E-state index < -0.39 is 48.1 Å². The van der Waals surface area contributed by atoms with E-state index in [-0.39, 0.29) is 38.9 Å². The summed E-state index contributed by atoms with van der Waals surface area (Å²) in [7, 11) is 0. The van der Waals surface area contributed by atoms with Crippen LogP contribution in [0.3, 0.4) is 0 Å². The Kier molecular flexibility index (Phi) is 25.3. The summed E-state index contributed by atoms with van der Waals surface area (Å²) in [5.41, 5.74) is 5.70. The minimum atomic E-state index is -1.24. The van der Waals surface area contributed by atoms with Crippen LogP contribution in [0.2, 0.25) is 0 Å². The lowest BCUT2D eigenvalue weighted by molar-refractivity contribution is -0.704.